The van der Waals surface area contributed by atoms with Gasteiger partial charge in [0.25, 0.3) is 0 Å². The van der Waals surface area contributed by atoms with E-state index in [2.05, 4.69) is 62.4 Å². The molecule has 2 heterocycles. The molecular weight excluding hydrogens is 782 g/mol. The van der Waals surface area contributed by atoms with Gasteiger partial charge < -0.3 is 5.11 Å². The SMILES string of the molecule is CC(C)c1cc(-c2nccc3c2sc2c(F)cccc23)[c-]c2ccc3ccccc3c12.CCC(CC)C(=O)/C=C(\O)C(CC)CC.[Ir]. The number of ketones is 1. The molecule has 0 saturated carbocycles. The molecule has 1 radical (unpaired) electrons. The molecule has 0 aliphatic heterocycles. The smallest absolute Gasteiger partial charge is 0.162 e. The van der Waals surface area contributed by atoms with Crippen molar-refractivity contribution in [1.29, 1.82) is 0 Å². The van der Waals surface area contributed by atoms with Crippen LogP contribution >= 0.6 is 11.3 Å². The fourth-order valence-corrected chi connectivity index (χ4v) is 7.55. The molecule has 0 unspecified atom stereocenters. The second-order valence-corrected chi connectivity index (χ2v) is 13.3. The molecule has 1 N–H and O–H groups in total. The Morgan fingerprint density at radius 1 is 0.872 bits per heavy atom. The fraction of sp³-hybridized carbons (Fsp3) is 0.317. The molecule has 0 atom stereocenters. The van der Waals surface area contributed by atoms with Gasteiger partial charge in [-0.15, -0.1) is 40.5 Å². The Morgan fingerprint density at radius 2 is 1.53 bits per heavy atom. The first kappa shape index (κ1) is 36.4. The number of nitrogens with zero attached hydrogens (tertiary/aromatic N) is 1. The molecule has 2 aromatic heterocycles. The molecule has 47 heavy (non-hydrogen) atoms. The quantitative estimate of drug-likeness (QED) is 0.0684. The molecule has 6 aromatic rings. The largest absolute Gasteiger partial charge is 0.512 e. The topological polar surface area (TPSA) is 50.2 Å². The third kappa shape index (κ3) is 7.51. The summed E-state index contributed by atoms with van der Waals surface area (Å²) in [5, 5.41) is 16.6. The number of fused-ring (bicyclic) bond motifs is 6. The van der Waals surface area contributed by atoms with Gasteiger partial charge in [0.1, 0.15) is 5.82 Å². The predicted octanol–water partition coefficient (Wildman–Crippen LogP) is 12.4. The fourth-order valence-electron chi connectivity index (χ4n) is 6.34. The van der Waals surface area contributed by atoms with Crippen LogP contribution in [-0.2, 0) is 24.9 Å². The molecule has 247 valence electrons. The van der Waals surface area contributed by atoms with Crippen LogP contribution in [0.3, 0.4) is 0 Å². The van der Waals surface area contributed by atoms with Crippen molar-refractivity contribution in [2.45, 2.75) is 73.1 Å². The maximum Gasteiger partial charge on any atom is 0.162 e. The van der Waals surface area contributed by atoms with E-state index in [1.165, 1.54) is 45.2 Å². The first-order valence-electron chi connectivity index (χ1n) is 16.5. The average Bonchev–Trinajstić information content (AvgIpc) is 3.46. The summed E-state index contributed by atoms with van der Waals surface area (Å²) >= 11 is 1.47. The van der Waals surface area contributed by atoms with Crippen molar-refractivity contribution in [3.8, 4) is 11.3 Å². The van der Waals surface area contributed by atoms with Gasteiger partial charge >= 0.3 is 0 Å². The Hall–Kier alpha value is -3.44. The van der Waals surface area contributed by atoms with Gasteiger partial charge in [0.05, 0.1) is 10.5 Å². The molecule has 3 nitrogen and oxygen atoms in total. The van der Waals surface area contributed by atoms with E-state index in [0.717, 1.165) is 57.8 Å². The summed E-state index contributed by atoms with van der Waals surface area (Å²) in [6.07, 6.45) is 6.73. The number of aliphatic hydroxyl groups excluding tert-OH is 1. The standard InChI is InChI=1S/C28H19FNS.C13H24O2.Ir/c1-16(2)23-15-19(14-18-11-10-17-6-3-4-7-20(17)25(18)23)26-28-22(12-13-30-26)21-8-5-9-24(29)27(21)31-28;1-5-10(6-2)12(14)9-13(15)11(7-3)8-4;/h3-13,15-16H,1-2H3;9-11,14H,5-8H2,1-4H3;/q-1;;/b;12-9-;. The van der Waals surface area contributed by atoms with E-state index in [1.807, 2.05) is 46.0 Å². The second kappa shape index (κ2) is 16.1. The monoisotopic (exact) mass is 825 g/mol. The predicted molar refractivity (Wildman–Crippen MR) is 194 cm³/mol. The maximum atomic E-state index is 14.5. The molecule has 0 aliphatic carbocycles. The van der Waals surface area contributed by atoms with Crippen molar-refractivity contribution < 1.29 is 34.4 Å². The zero-order valence-corrected chi connectivity index (χ0v) is 31.2. The Bertz CT molecular complexity index is 2040. The minimum atomic E-state index is -0.179. The molecule has 0 spiro atoms. The van der Waals surface area contributed by atoms with Crippen LogP contribution in [0.25, 0.3) is 53.0 Å². The molecule has 0 aliphatic rings. The molecule has 0 saturated heterocycles. The summed E-state index contributed by atoms with van der Waals surface area (Å²) in [6.45, 7) is 12.5. The van der Waals surface area contributed by atoms with Gasteiger partial charge in [-0.25, -0.2) is 4.39 Å². The number of halogens is 1. The van der Waals surface area contributed by atoms with Crippen LogP contribution in [0.4, 0.5) is 4.39 Å². The summed E-state index contributed by atoms with van der Waals surface area (Å²) in [4.78, 5) is 16.4. The van der Waals surface area contributed by atoms with E-state index in [4.69, 9.17) is 4.98 Å². The van der Waals surface area contributed by atoms with Gasteiger partial charge in [-0.3, -0.25) is 9.78 Å². The Labute approximate surface area is 295 Å². The summed E-state index contributed by atoms with van der Waals surface area (Å²) in [5.41, 5.74) is 3.12. The van der Waals surface area contributed by atoms with E-state index >= 15 is 0 Å². The van der Waals surface area contributed by atoms with E-state index in [1.54, 1.807) is 6.07 Å². The number of rotatable bonds is 9. The van der Waals surface area contributed by atoms with Crippen LogP contribution in [0.5, 0.6) is 0 Å². The molecule has 0 amide bonds. The number of hydrogen-bond acceptors (Lipinski definition) is 4. The van der Waals surface area contributed by atoms with Crippen LogP contribution < -0.4 is 0 Å². The van der Waals surface area contributed by atoms with Crippen molar-refractivity contribution in [2.24, 2.45) is 11.8 Å². The van der Waals surface area contributed by atoms with Gasteiger partial charge in [-0.05, 0) is 59.9 Å². The van der Waals surface area contributed by atoms with E-state index < -0.39 is 0 Å². The first-order valence-corrected chi connectivity index (χ1v) is 17.3. The zero-order chi connectivity index (χ0) is 33.0. The van der Waals surface area contributed by atoms with Crippen molar-refractivity contribution in [2.75, 3.05) is 0 Å². The van der Waals surface area contributed by atoms with E-state index in [9.17, 15) is 14.3 Å². The number of hydrogen-bond donors (Lipinski definition) is 1. The van der Waals surface area contributed by atoms with Gasteiger partial charge in [0.2, 0.25) is 0 Å². The summed E-state index contributed by atoms with van der Waals surface area (Å²) in [7, 11) is 0. The van der Waals surface area contributed by atoms with Crippen molar-refractivity contribution >= 4 is 58.8 Å². The Kier molecular flexibility index (Phi) is 12.5. The number of carbonyl (C=O) groups is 1. The molecular formula is C41H43FIrNO2S-. The van der Waals surface area contributed by atoms with Gasteiger partial charge in [0, 0.05) is 60.0 Å². The number of allylic oxidation sites excluding steroid dienone is 2. The Morgan fingerprint density at radius 3 is 2.21 bits per heavy atom. The van der Waals surface area contributed by atoms with E-state index in [-0.39, 0.29) is 49.3 Å². The van der Waals surface area contributed by atoms with Gasteiger partial charge in [-0.1, -0.05) is 95.0 Å². The minimum Gasteiger partial charge on any atom is -0.512 e. The number of pyridine rings is 1. The van der Waals surface area contributed by atoms with Crippen molar-refractivity contribution in [1.82, 2.24) is 4.98 Å². The molecule has 4 aromatic carbocycles. The molecule has 0 fully saturated rings. The first-order chi connectivity index (χ1) is 22.2. The van der Waals surface area contributed by atoms with Crippen molar-refractivity contribution in [3.05, 3.63) is 102 Å². The number of benzene rings is 4. The average molecular weight is 825 g/mol. The summed E-state index contributed by atoms with van der Waals surface area (Å²) in [6, 6.07) is 25.9. The van der Waals surface area contributed by atoms with Crippen LogP contribution in [0, 0.1) is 23.7 Å². The second-order valence-electron chi connectivity index (χ2n) is 12.3. The van der Waals surface area contributed by atoms with Crippen molar-refractivity contribution in [3.63, 3.8) is 0 Å². The number of thiophene rings is 1. The molecule has 6 rings (SSSR count). The summed E-state index contributed by atoms with van der Waals surface area (Å²) < 4.78 is 16.2. The summed E-state index contributed by atoms with van der Waals surface area (Å²) in [5.74, 6) is 0.716. The van der Waals surface area contributed by atoms with Crippen LogP contribution in [0.2, 0.25) is 0 Å². The molecule has 0 bridgehead atoms. The third-order valence-corrected chi connectivity index (χ3v) is 10.3. The van der Waals surface area contributed by atoms with Gasteiger partial charge in [0.15, 0.2) is 5.78 Å². The number of aliphatic hydroxyl groups is 1. The van der Waals surface area contributed by atoms with Gasteiger partial charge in [-0.2, -0.15) is 0 Å². The molecule has 6 heteroatoms. The Balaban J connectivity index is 0.000000269. The third-order valence-electron chi connectivity index (χ3n) is 9.11. The van der Waals surface area contributed by atoms with Crippen LogP contribution in [0.15, 0.2) is 84.8 Å². The minimum absolute atomic E-state index is 0. The normalized spacial score (nSPS) is 11.9. The van der Waals surface area contributed by atoms with Crippen LogP contribution in [0.1, 0.15) is 78.7 Å². The zero-order valence-electron chi connectivity index (χ0n) is 28.0. The number of carbonyl (C=O) groups excluding carboxylic acids is 1. The van der Waals surface area contributed by atoms with Crippen LogP contribution in [-0.4, -0.2) is 15.9 Å². The van der Waals surface area contributed by atoms with E-state index in [0.29, 0.717) is 10.6 Å². The number of aromatic nitrogens is 1. The maximum absolute atomic E-state index is 14.5.